The molecule has 2 N–H and O–H groups in total. The summed E-state index contributed by atoms with van der Waals surface area (Å²) in [7, 11) is 0. The molecule has 96 valence electrons. The first-order valence-electron chi connectivity index (χ1n) is 6.58. The molecular formula is C15H25NO. The molecule has 2 nitrogen and oxygen atoms in total. The predicted molar refractivity (Wildman–Crippen MR) is 72.9 cm³/mol. The summed E-state index contributed by atoms with van der Waals surface area (Å²) in [6.07, 6.45) is 3.36. The van der Waals surface area contributed by atoms with E-state index in [2.05, 4.69) is 38.1 Å². The first-order valence-corrected chi connectivity index (χ1v) is 6.58. The molecule has 0 aromatic heterocycles. The second kappa shape index (κ2) is 8.26. The fourth-order valence-corrected chi connectivity index (χ4v) is 1.75. The van der Waals surface area contributed by atoms with Gasteiger partial charge in [0, 0.05) is 6.61 Å². The molecule has 0 bridgehead atoms. The summed E-state index contributed by atoms with van der Waals surface area (Å²) in [6.45, 7) is 6.79. The van der Waals surface area contributed by atoms with Gasteiger partial charge in [0.15, 0.2) is 0 Å². The zero-order valence-electron chi connectivity index (χ0n) is 11.1. The fraction of sp³-hybridized carbons (Fsp3) is 0.600. The van der Waals surface area contributed by atoms with Crippen molar-refractivity contribution in [1.82, 2.24) is 0 Å². The van der Waals surface area contributed by atoms with Gasteiger partial charge in [-0.1, -0.05) is 38.1 Å². The number of hydrogen-bond acceptors (Lipinski definition) is 2. The summed E-state index contributed by atoms with van der Waals surface area (Å²) in [6, 6.07) is 8.54. The Bertz CT molecular complexity index is 292. The zero-order chi connectivity index (χ0) is 12.5. The average molecular weight is 235 g/mol. The van der Waals surface area contributed by atoms with Gasteiger partial charge in [-0.2, -0.15) is 0 Å². The number of hydrogen-bond donors (Lipinski definition) is 1. The Labute approximate surface area is 105 Å². The lowest BCUT2D eigenvalue weighted by Crippen LogP contribution is -2.02. The van der Waals surface area contributed by atoms with Gasteiger partial charge in [-0.05, 0) is 42.9 Å². The highest BCUT2D eigenvalue weighted by Gasteiger charge is 1.96. The lowest BCUT2D eigenvalue weighted by atomic mass is 10.1. The summed E-state index contributed by atoms with van der Waals surface area (Å²) in [4.78, 5) is 0. The quantitative estimate of drug-likeness (QED) is 0.703. The fourth-order valence-electron chi connectivity index (χ4n) is 1.75. The van der Waals surface area contributed by atoms with Crippen molar-refractivity contribution in [3.63, 3.8) is 0 Å². The standard InChI is InChI=1S/C15H25NO/c1-13(2)4-3-11-17-12-15-7-5-14(6-8-15)9-10-16/h5-8,13H,3-4,9-12,16H2,1-2H3. The molecular weight excluding hydrogens is 210 g/mol. The molecule has 0 radical (unpaired) electrons. The Morgan fingerprint density at radius 2 is 1.76 bits per heavy atom. The van der Waals surface area contributed by atoms with Crippen LogP contribution in [0.25, 0.3) is 0 Å². The first kappa shape index (κ1) is 14.2. The molecule has 2 heteroatoms. The molecule has 0 saturated carbocycles. The molecule has 0 heterocycles. The number of rotatable bonds is 8. The molecule has 0 aliphatic heterocycles. The zero-order valence-corrected chi connectivity index (χ0v) is 11.1. The lowest BCUT2D eigenvalue weighted by molar-refractivity contribution is 0.115. The normalized spacial score (nSPS) is 11.1. The SMILES string of the molecule is CC(C)CCCOCc1ccc(CCN)cc1. The van der Waals surface area contributed by atoms with Gasteiger partial charge < -0.3 is 10.5 Å². The minimum absolute atomic E-state index is 0.713. The molecule has 0 saturated heterocycles. The Balaban J connectivity index is 2.18. The van der Waals surface area contributed by atoms with E-state index in [1.165, 1.54) is 17.5 Å². The van der Waals surface area contributed by atoms with Crippen LogP contribution in [0.3, 0.4) is 0 Å². The lowest BCUT2D eigenvalue weighted by Gasteiger charge is -2.07. The molecule has 1 aromatic carbocycles. The van der Waals surface area contributed by atoms with Crippen LogP contribution in [-0.4, -0.2) is 13.2 Å². The second-order valence-electron chi connectivity index (χ2n) is 4.94. The van der Waals surface area contributed by atoms with Crippen molar-refractivity contribution in [3.05, 3.63) is 35.4 Å². The topological polar surface area (TPSA) is 35.2 Å². The maximum Gasteiger partial charge on any atom is 0.0716 e. The van der Waals surface area contributed by atoms with Crippen LogP contribution in [0, 0.1) is 5.92 Å². The molecule has 0 fully saturated rings. The Morgan fingerprint density at radius 3 is 2.35 bits per heavy atom. The van der Waals surface area contributed by atoms with Crippen molar-refractivity contribution >= 4 is 0 Å². The number of ether oxygens (including phenoxy) is 1. The number of nitrogens with two attached hydrogens (primary N) is 1. The molecule has 17 heavy (non-hydrogen) atoms. The van der Waals surface area contributed by atoms with Crippen LogP contribution in [0.4, 0.5) is 0 Å². The summed E-state index contributed by atoms with van der Waals surface area (Å²) in [5, 5.41) is 0. The van der Waals surface area contributed by atoms with Gasteiger partial charge in [0.05, 0.1) is 6.61 Å². The molecule has 1 rings (SSSR count). The van der Waals surface area contributed by atoms with Gasteiger partial charge in [-0.3, -0.25) is 0 Å². The smallest absolute Gasteiger partial charge is 0.0716 e. The van der Waals surface area contributed by atoms with Crippen molar-refractivity contribution < 1.29 is 4.74 Å². The van der Waals surface area contributed by atoms with Crippen LogP contribution in [0.5, 0.6) is 0 Å². The molecule has 0 unspecified atom stereocenters. The predicted octanol–water partition coefficient (Wildman–Crippen LogP) is 3.14. The molecule has 0 spiro atoms. The summed E-state index contributed by atoms with van der Waals surface area (Å²) < 4.78 is 5.65. The monoisotopic (exact) mass is 235 g/mol. The third-order valence-corrected chi connectivity index (χ3v) is 2.79. The Hall–Kier alpha value is -0.860. The third kappa shape index (κ3) is 6.44. The van der Waals surface area contributed by atoms with E-state index >= 15 is 0 Å². The Morgan fingerprint density at radius 1 is 1.12 bits per heavy atom. The van der Waals surface area contributed by atoms with E-state index in [0.717, 1.165) is 32.0 Å². The van der Waals surface area contributed by atoms with Crippen molar-refractivity contribution in [2.75, 3.05) is 13.2 Å². The Kier molecular flexibility index (Phi) is 6.90. The first-order chi connectivity index (χ1) is 8.22. The van der Waals surface area contributed by atoms with Crippen molar-refractivity contribution in [2.24, 2.45) is 11.7 Å². The molecule has 0 aliphatic rings. The summed E-state index contributed by atoms with van der Waals surface area (Å²) >= 11 is 0. The van der Waals surface area contributed by atoms with Crippen LogP contribution in [0.1, 0.15) is 37.8 Å². The highest BCUT2D eigenvalue weighted by atomic mass is 16.5. The highest BCUT2D eigenvalue weighted by molar-refractivity contribution is 5.22. The third-order valence-electron chi connectivity index (χ3n) is 2.79. The van der Waals surface area contributed by atoms with Gasteiger partial charge in [0.1, 0.15) is 0 Å². The molecule has 1 aromatic rings. The van der Waals surface area contributed by atoms with E-state index in [1.807, 2.05) is 0 Å². The molecule has 0 amide bonds. The van der Waals surface area contributed by atoms with E-state index in [1.54, 1.807) is 0 Å². The van der Waals surface area contributed by atoms with Gasteiger partial charge >= 0.3 is 0 Å². The van der Waals surface area contributed by atoms with Crippen LogP contribution in [0.2, 0.25) is 0 Å². The molecule has 0 atom stereocenters. The van der Waals surface area contributed by atoms with Crippen LogP contribution < -0.4 is 5.73 Å². The van der Waals surface area contributed by atoms with Crippen LogP contribution in [-0.2, 0) is 17.8 Å². The minimum Gasteiger partial charge on any atom is -0.377 e. The summed E-state index contributed by atoms with van der Waals surface area (Å²) in [5.41, 5.74) is 8.06. The van der Waals surface area contributed by atoms with Gasteiger partial charge in [0.25, 0.3) is 0 Å². The maximum atomic E-state index is 5.65. The van der Waals surface area contributed by atoms with E-state index in [9.17, 15) is 0 Å². The van der Waals surface area contributed by atoms with Crippen LogP contribution in [0.15, 0.2) is 24.3 Å². The van der Waals surface area contributed by atoms with E-state index in [0.29, 0.717) is 6.54 Å². The van der Waals surface area contributed by atoms with Gasteiger partial charge in [0.2, 0.25) is 0 Å². The second-order valence-corrected chi connectivity index (χ2v) is 4.94. The van der Waals surface area contributed by atoms with E-state index in [-0.39, 0.29) is 0 Å². The highest BCUT2D eigenvalue weighted by Crippen LogP contribution is 2.08. The van der Waals surface area contributed by atoms with E-state index < -0.39 is 0 Å². The maximum absolute atomic E-state index is 5.65. The van der Waals surface area contributed by atoms with Crippen molar-refractivity contribution in [3.8, 4) is 0 Å². The van der Waals surface area contributed by atoms with Gasteiger partial charge in [-0.15, -0.1) is 0 Å². The molecule has 0 aliphatic carbocycles. The van der Waals surface area contributed by atoms with Crippen molar-refractivity contribution in [2.45, 2.75) is 39.7 Å². The average Bonchev–Trinajstić information content (AvgIpc) is 2.31. The van der Waals surface area contributed by atoms with Crippen molar-refractivity contribution in [1.29, 1.82) is 0 Å². The van der Waals surface area contributed by atoms with Crippen LogP contribution >= 0.6 is 0 Å². The number of benzene rings is 1. The largest absolute Gasteiger partial charge is 0.377 e. The van der Waals surface area contributed by atoms with Gasteiger partial charge in [-0.25, -0.2) is 0 Å². The minimum atomic E-state index is 0.713. The van der Waals surface area contributed by atoms with E-state index in [4.69, 9.17) is 10.5 Å². The summed E-state index contributed by atoms with van der Waals surface area (Å²) in [5.74, 6) is 0.772.